The van der Waals surface area contributed by atoms with Gasteiger partial charge in [-0.15, -0.1) is 0 Å². The third kappa shape index (κ3) is 6.13. The van der Waals surface area contributed by atoms with E-state index in [1.165, 1.54) is 5.69 Å². The molecule has 3 aromatic carbocycles. The van der Waals surface area contributed by atoms with Crippen LogP contribution < -0.4 is 20.9 Å². The van der Waals surface area contributed by atoms with Crippen molar-refractivity contribution in [2.24, 2.45) is 13.0 Å². The van der Waals surface area contributed by atoms with Crippen molar-refractivity contribution in [1.29, 1.82) is 0 Å². The third-order valence-corrected chi connectivity index (χ3v) is 6.89. The zero-order valence-electron chi connectivity index (χ0n) is 21.0. The third-order valence-electron chi connectivity index (χ3n) is 6.89. The molecule has 1 amide bonds. The van der Waals surface area contributed by atoms with Gasteiger partial charge in [0.1, 0.15) is 5.69 Å². The van der Waals surface area contributed by atoms with Crippen molar-refractivity contribution >= 4 is 40.0 Å². The van der Waals surface area contributed by atoms with Gasteiger partial charge in [0.25, 0.3) is 5.91 Å². The summed E-state index contributed by atoms with van der Waals surface area (Å²) in [6.45, 7) is 2.29. The molecule has 0 aliphatic carbocycles. The van der Waals surface area contributed by atoms with Crippen LogP contribution >= 0.6 is 0 Å². The van der Waals surface area contributed by atoms with Gasteiger partial charge in [0, 0.05) is 67.1 Å². The van der Waals surface area contributed by atoms with Crippen LogP contribution in [0.1, 0.15) is 23.3 Å². The van der Waals surface area contributed by atoms with E-state index < -0.39 is 0 Å². The monoisotopic (exact) mass is 495 g/mol. The van der Waals surface area contributed by atoms with Gasteiger partial charge in [-0.05, 0) is 104 Å². The van der Waals surface area contributed by atoms with Crippen molar-refractivity contribution in [3.05, 3.63) is 96.8 Å². The Balaban J connectivity index is 1.13. The van der Waals surface area contributed by atoms with Gasteiger partial charge < -0.3 is 30.5 Å². The molecule has 4 N–H and O–H groups in total. The fraction of sp³-hybridized carbons (Fsp3) is 0.233. The molecule has 0 saturated carbocycles. The van der Waals surface area contributed by atoms with E-state index in [1.54, 1.807) is 10.6 Å². The molecule has 1 saturated heterocycles. The molecule has 0 spiro atoms. The first-order valence-corrected chi connectivity index (χ1v) is 12.7. The Morgan fingerprint density at radius 2 is 1.27 bits per heavy atom. The van der Waals surface area contributed by atoms with Crippen molar-refractivity contribution in [2.75, 3.05) is 40.5 Å². The highest BCUT2D eigenvalue weighted by atomic mass is 16.3. The van der Waals surface area contributed by atoms with Crippen LogP contribution in [0.3, 0.4) is 0 Å². The number of aromatic nitrogens is 1. The molecule has 1 aromatic heterocycles. The fourth-order valence-electron chi connectivity index (χ4n) is 4.63. The topological polar surface area (TPSA) is 81.6 Å². The first-order chi connectivity index (χ1) is 18.1. The Hall–Kier alpha value is -4.23. The van der Waals surface area contributed by atoms with Crippen molar-refractivity contribution in [3.63, 3.8) is 0 Å². The van der Waals surface area contributed by atoms with Crippen LogP contribution in [0.2, 0.25) is 0 Å². The van der Waals surface area contributed by atoms with Gasteiger partial charge in [0.2, 0.25) is 0 Å². The largest absolute Gasteiger partial charge is 0.396 e. The quantitative estimate of drug-likeness (QED) is 0.242. The van der Waals surface area contributed by atoms with Gasteiger partial charge in [-0.25, -0.2) is 0 Å². The van der Waals surface area contributed by atoms with Gasteiger partial charge in [-0.1, -0.05) is 0 Å². The number of nitrogens with zero attached hydrogens (tertiary/aromatic N) is 2. The summed E-state index contributed by atoms with van der Waals surface area (Å²) in [4.78, 5) is 14.8. The maximum absolute atomic E-state index is 12.4. The molecule has 5 rings (SSSR count). The van der Waals surface area contributed by atoms with Crippen molar-refractivity contribution in [3.8, 4) is 0 Å². The van der Waals surface area contributed by atoms with Crippen LogP contribution in [0, 0.1) is 5.92 Å². The molecule has 4 aromatic rings. The molecular weight excluding hydrogens is 462 g/mol. The van der Waals surface area contributed by atoms with Crippen LogP contribution in [0.15, 0.2) is 91.1 Å². The number of rotatable bonds is 8. The molecule has 190 valence electrons. The van der Waals surface area contributed by atoms with Crippen LogP contribution in [0.5, 0.6) is 0 Å². The van der Waals surface area contributed by atoms with E-state index >= 15 is 0 Å². The number of anilines is 6. The van der Waals surface area contributed by atoms with E-state index in [0.29, 0.717) is 18.2 Å². The molecule has 7 heteroatoms. The summed E-state index contributed by atoms with van der Waals surface area (Å²) in [6, 6.07) is 28.0. The number of aliphatic hydroxyl groups is 1. The second-order valence-corrected chi connectivity index (χ2v) is 9.52. The van der Waals surface area contributed by atoms with Gasteiger partial charge >= 0.3 is 0 Å². The van der Waals surface area contributed by atoms with E-state index in [-0.39, 0.29) is 5.91 Å². The van der Waals surface area contributed by atoms with Crippen molar-refractivity contribution in [1.82, 2.24) is 4.57 Å². The number of piperidine rings is 1. The predicted molar refractivity (Wildman–Crippen MR) is 151 cm³/mol. The number of benzene rings is 3. The molecular formula is C30H33N5O2. The molecule has 0 radical (unpaired) electrons. The van der Waals surface area contributed by atoms with Gasteiger partial charge in [0.15, 0.2) is 0 Å². The average molecular weight is 496 g/mol. The summed E-state index contributed by atoms with van der Waals surface area (Å²) in [7, 11) is 1.85. The lowest BCUT2D eigenvalue weighted by Crippen LogP contribution is -2.34. The number of aryl methyl sites for hydroxylation is 1. The maximum atomic E-state index is 12.4. The Morgan fingerprint density at radius 3 is 1.73 bits per heavy atom. The summed E-state index contributed by atoms with van der Waals surface area (Å²) in [6.07, 6.45) is 3.95. The lowest BCUT2D eigenvalue weighted by Gasteiger charge is -2.33. The SMILES string of the molecule is Cn1cccc1C(=O)Nc1ccc(Nc2ccc(Nc3ccc(N4CCC(CO)CC4)cc3)cc2)cc1. The maximum Gasteiger partial charge on any atom is 0.272 e. The minimum absolute atomic E-state index is 0.131. The number of carbonyl (C=O) groups is 1. The fourth-order valence-corrected chi connectivity index (χ4v) is 4.63. The molecule has 7 nitrogen and oxygen atoms in total. The van der Waals surface area contributed by atoms with E-state index in [4.69, 9.17) is 0 Å². The first-order valence-electron chi connectivity index (χ1n) is 12.7. The predicted octanol–water partition coefficient (Wildman–Crippen LogP) is 5.97. The molecule has 2 heterocycles. The Bertz CT molecular complexity index is 1310. The number of aliphatic hydroxyl groups excluding tert-OH is 1. The van der Waals surface area contributed by atoms with E-state index in [9.17, 15) is 9.90 Å². The van der Waals surface area contributed by atoms with Crippen molar-refractivity contribution in [2.45, 2.75) is 12.8 Å². The van der Waals surface area contributed by atoms with Crippen LogP contribution in [0.25, 0.3) is 0 Å². The molecule has 0 atom stereocenters. The molecule has 1 aliphatic rings. The highest BCUT2D eigenvalue weighted by Gasteiger charge is 2.18. The lowest BCUT2D eigenvalue weighted by atomic mass is 9.97. The zero-order chi connectivity index (χ0) is 25.6. The molecule has 0 bridgehead atoms. The lowest BCUT2D eigenvalue weighted by molar-refractivity contribution is 0.101. The average Bonchev–Trinajstić information content (AvgIpc) is 3.37. The van der Waals surface area contributed by atoms with Crippen LogP contribution in [-0.4, -0.2) is 35.3 Å². The number of hydrogen-bond donors (Lipinski definition) is 4. The van der Waals surface area contributed by atoms with Crippen LogP contribution in [-0.2, 0) is 7.05 Å². The molecule has 0 unspecified atom stereocenters. The smallest absolute Gasteiger partial charge is 0.272 e. The van der Waals surface area contributed by atoms with E-state index in [1.807, 2.05) is 67.8 Å². The summed E-state index contributed by atoms with van der Waals surface area (Å²) >= 11 is 0. The minimum atomic E-state index is -0.131. The Morgan fingerprint density at radius 1 is 0.784 bits per heavy atom. The van der Waals surface area contributed by atoms with Crippen molar-refractivity contribution < 1.29 is 9.90 Å². The molecule has 1 fully saturated rings. The molecule has 37 heavy (non-hydrogen) atoms. The normalized spacial score (nSPS) is 13.8. The second-order valence-electron chi connectivity index (χ2n) is 9.52. The number of hydrogen-bond acceptors (Lipinski definition) is 5. The first kappa shape index (κ1) is 24.5. The van der Waals surface area contributed by atoms with Gasteiger partial charge in [0.05, 0.1) is 0 Å². The summed E-state index contributed by atoms with van der Waals surface area (Å²) in [5.74, 6) is 0.315. The van der Waals surface area contributed by atoms with Gasteiger partial charge in [-0.3, -0.25) is 4.79 Å². The Kier molecular flexibility index (Phi) is 7.42. The van der Waals surface area contributed by atoms with Crippen LogP contribution in [0.4, 0.5) is 34.1 Å². The minimum Gasteiger partial charge on any atom is -0.396 e. The highest BCUT2D eigenvalue weighted by molar-refractivity contribution is 6.03. The standard InChI is InChI=1S/C30H33N5O2/c1-34-18-2-3-29(34)30(37)33-27-10-8-25(9-11-27)31-23-4-6-24(7-5-23)32-26-12-14-28(15-13-26)35-19-16-22(21-36)17-20-35/h2-15,18,22,31-32,36H,16-17,19-21H2,1H3,(H,33,37). The zero-order valence-corrected chi connectivity index (χ0v) is 21.0. The summed E-state index contributed by atoms with van der Waals surface area (Å²) < 4.78 is 1.79. The van der Waals surface area contributed by atoms with E-state index in [2.05, 4.69) is 45.1 Å². The number of carbonyl (C=O) groups excluding carboxylic acids is 1. The number of nitrogens with one attached hydrogen (secondary N) is 3. The molecule has 1 aliphatic heterocycles. The Labute approximate surface area is 217 Å². The highest BCUT2D eigenvalue weighted by Crippen LogP contribution is 2.27. The number of amides is 1. The second kappa shape index (κ2) is 11.2. The summed E-state index contributed by atoms with van der Waals surface area (Å²) in [5, 5.41) is 19.1. The van der Waals surface area contributed by atoms with E-state index in [0.717, 1.165) is 54.4 Å². The summed E-state index contributed by atoms with van der Waals surface area (Å²) in [5.41, 5.74) is 6.57. The van der Waals surface area contributed by atoms with Gasteiger partial charge in [-0.2, -0.15) is 0 Å².